The number of nitrogen functional groups attached to an aromatic ring is 1. The highest BCUT2D eigenvalue weighted by molar-refractivity contribution is 6.39. The van der Waals surface area contributed by atoms with Gasteiger partial charge in [0.15, 0.2) is 0 Å². The van der Waals surface area contributed by atoms with Crippen molar-refractivity contribution >= 4 is 28.9 Å². The van der Waals surface area contributed by atoms with E-state index >= 15 is 0 Å². The Balaban J connectivity index is 2.05. The Labute approximate surface area is 130 Å². The summed E-state index contributed by atoms with van der Waals surface area (Å²) < 4.78 is 5.26. The summed E-state index contributed by atoms with van der Waals surface area (Å²) >= 11 is 12.0. The third kappa shape index (κ3) is 2.57. The maximum atomic E-state index is 6.01. The number of halogens is 2. The van der Waals surface area contributed by atoms with Gasteiger partial charge >= 0.3 is 0 Å². The first-order valence-electron chi connectivity index (χ1n) is 6.06. The van der Waals surface area contributed by atoms with E-state index < -0.39 is 0 Å². The fourth-order valence-electron chi connectivity index (χ4n) is 1.86. The zero-order chi connectivity index (χ0) is 15.0. The number of hydrogen-bond donors (Lipinski definition) is 1. The predicted molar refractivity (Wildman–Crippen MR) is 82.1 cm³/mol. The Hall–Kier alpha value is -2.11. The first kappa shape index (κ1) is 13.9. The lowest BCUT2D eigenvalue weighted by molar-refractivity contribution is 0.432. The van der Waals surface area contributed by atoms with E-state index in [1.165, 1.54) is 0 Å². The number of nitrogens with two attached hydrogens (primary N) is 1. The molecule has 2 aromatic heterocycles. The van der Waals surface area contributed by atoms with E-state index in [4.69, 9.17) is 33.5 Å². The Morgan fingerprint density at radius 1 is 1.19 bits per heavy atom. The summed E-state index contributed by atoms with van der Waals surface area (Å²) in [7, 11) is 0. The van der Waals surface area contributed by atoms with E-state index in [0.29, 0.717) is 33.0 Å². The molecule has 0 aliphatic rings. The number of pyridine rings is 1. The normalized spacial score (nSPS) is 10.8. The van der Waals surface area contributed by atoms with Crippen LogP contribution in [0.3, 0.4) is 0 Å². The third-order valence-electron chi connectivity index (χ3n) is 3.03. The molecule has 3 rings (SSSR count). The molecular formula is C14H10Cl2N4O. The molecule has 1 aromatic carbocycles. The van der Waals surface area contributed by atoms with Gasteiger partial charge in [0.1, 0.15) is 0 Å². The number of aromatic nitrogens is 3. The molecule has 0 aliphatic carbocycles. The van der Waals surface area contributed by atoms with Crippen molar-refractivity contribution in [3.05, 3.63) is 46.2 Å². The van der Waals surface area contributed by atoms with Crippen LogP contribution in [0.4, 0.5) is 5.69 Å². The van der Waals surface area contributed by atoms with Crippen molar-refractivity contribution in [2.75, 3.05) is 5.73 Å². The van der Waals surface area contributed by atoms with Gasteiger partial charge in [-0.3, -0.25) is 4.98 Å². The topological polar surface area (TPSA) is 77.8 Å². The monoisotopic (exact) mass is 320 g/mol. The summed E-state index contributed by atoms with van der Waals surface area (Å²) in [5.74, 6) is 0.775. The standard InChI is InChI=1S/C14H10Cl2N4O/c1-7-2-3-18-6-9(7)13-19-14(21-20-13)8-4-10(15)12(17)11(16)5-8/h2-6H,17H2,1H3. The minimum absolute atomic E-state index is 0.317. The number of benzene rings is 1. The van der Waals surface area contributed by atoms with Crippen molar-refractivity contribution in [1.29, 1.82) is 0 Å². The molecule has 0 aliphatic heterocycles. The SMILES string of the molecule is Cc1ccncc1-c1noc(-c2cc(Cl)c(N)c(Cl)c2)n1. The molecule has 0 spiro atoms. The molecular weight excluding hydrogens is 311 g/mol. The van der Waals surface area contributed by atoms with E-state index in [9.17, 15) is 0 Å². The zero-order valence-corrected chi connectivity index (χ0v) is 12.5. The number of rotatable bonds is 2. The van der Waals surface area contributed by atoms with Crippen molar-refractivity contribution in [1.82, 2.24) is 15.1 Å². The van der Waals surface area contributed by atoms with Gasteiger partial charge in [0.2, 0.25) is 5.82 Å². The average Bonchev–Trinajstić information content (AvgIpc) is 2.94. The minimum Gasteiger partial charge on any atom is -0.396 e. The van der Waals surface area contributed by atoms with E-state index in [2.05, 4.69) is 15.1 Å². The van der Waals surface area contributed by atoms with Gasteiger partial charge in [-0.15, -0.1) is 0 Å². The lowest BCUT2D eigenvalue weighted by Gasteiger charge is -2.02. The molecule has 106 valence electrons. The van der Waals surface area contributed by atoms with Gasteiger partial charge in [-0.1, -0.05) is 28.4 Å². The second kappa shape index (κ2) is 5.35. The van der Waals surface area contributed by atoms with Crippen LogP contribution in [0.2, 0.25) is 10.0 Å². The molecule has 2 heterocycles. The molecule has 21 heavy (non-hydrogen) atoms. The number of nitrogens with zero attached hydrogens (tertiary/aromatic N) is 3. The Bertz CT molecular complexity index is 793. The summed E-state index contributed by atoms with van der Waals surface area (Å²) in [5, 5.41) is 4.65. The lowest BCUT2D eigenvalue weighted by atomic mass is 10.1. The summed E-state index contributed by atoms with van der Waals surface area (Å²) in [4.78, 5) is 8.41. The number of aryl methyl sites for hydroxylation is 1. The van der Waals surface area contributed by atoms with E-state index in [1.54, 1.807) is 24.5 Å². The average molecular weight is 321 g/mol. The molecule has 0 radical (unpaired) electrons. The summed E-state index contributed by atoms with van der Waals surface area (Å²) in [6, 6.07) is 5.15. The summed E-state index contributed by atoms with van der Waals surface area (Å²) in [5.41, 5.74) is 8.45. The van der Waals surface area contributed by atoms with Crippen LogP contribution in [-0.2, 0) is 0 Å². The molecule has 0 unspecified atom stereocenters. The van der Waals surface area contributed by atoms with Crippen LogP contribution in [0.1, 0.15) is 5.56 Å². The lowest BCUT2D eigenvalue weighted by Crippen LogP contribution is -1.89. The van der Waals surface area contributed by atoms with E-state index in [0.717, 1.165) is 11.1 Å². The second-order valence-electron chi connectivity index (χ2n) is 4.47. The maximum Gasteiger partial charge on any atom is 0.258 e. The molecule has 0 fully saturated rings. The van der Waals surface area contributed by atoms with Crippen LogP contribution in [0.5, 0.6) is 0 Å². The smallest absolute Gasteiger partial charge is 0.258 e. The highest BCUT2D eigenvalue weighted by Crippen LogP contribution is 2.33. The van der Waals surface area contributed by atoms with Crippen molar-refractivity contribution in [3.8, 4) is 22.8 Å². The Morgan fingerprint density at radius 3 is 2.57 bits per heavy atom. The zero-order valence-electron chi connectivity index (χ0n) is 11.0. The third-order valence-corrected chi connectivity index (χ3v) is 3.66. The number of hydrogen-bond acceptors (Lipinski definition) is 5. The van der Waals surface area contributed by atoms with Crippen molar-refractivity contribution < 1.29 is 4.52 Å². The molecule has 0 amide bonds. The molecule has 2 N–H and O–H groups in total. The van der Waals surface area contributed by atoms with E-state index in [-0.39, 0.29) is 0 Å². The summed E-state index contributed by atoms with van der Waals surface area (Å²) in [6.45, 7) is 1.95. The fourth-order valence-corrected chi connectivity index (χ4v) is 2.34. The van der Waals surface area contributed by atoms with Gasteiger partial charge in [0, 0.05) is 23.5 Å². The largest absolute Gasteiger partial charge is 0.396 e. The van der Waals surface area contributed by atoms with Crippen LogP contribution in [0.15, 0.2) is 35.1 Å². The molecule has 7 heteroatoms. The predicted octanol–water partition coefficient (Wildman–Crippen LogP) is 4.00. The highest BCUT2D eigenvalue weighted by Gasteiger charge is 2.15. The first-order chi connectivity index (χ1) is 10.1. The Morgan fingerprint density at radius 2 is 1.90 bits per heavy atom. The van der Waals surface area contributed by atoms with Crippen molar-refractivity contribution in [2.45, 2.75) is 6.92 Å². The van der Waals surface area contributed by atoms with Gasteiger partial charge in [-0.05, 0) is 30.7 Å². The van der Waals surface area contributed by atoms with Gasteiger partial charge < -0.3 is 10.3 Å². The molecule has 0 saturated carbocycles. The number of anilines is 1. The van der Waals surface area contributed by atoms with Crippen LogP contribution in [-0.4, -0.2) is 15.1 Å². The van der Waals surface area contributed by atoms with Gasteiger partial charge in [-0.2, -0.15) is 4.98 Å². The van der Waals surface area contributed by atoms with Crippen LogP contribution in [0, 0.1) is 6.92 Å². The molecule has 5 nitrogen and oxygen atoms in total. The van der Waals surface area contributed by atoms with E-state index in [1.807, 2.05) is 13.0 Å². The fraction of sp³-hybridized carbons (Fsp3) is 0.0714. The molecule has 3 aromatic rings. The van der Waals surface area contributed by atoms with Gasteiger partial charge in [-0.25, -0.2) is 0 Å². The van der Waals surface area contributed by atoms with Crippen LogP contribution in [0.25, 0.3) is 22.8 Å². The van der Waals surface area contributed by atoms with Crippen molar-refractivity contribution in [2.24, 2.45) is 0 Å². The maximum absolute atomic E-state index is 6.01. The van der Waals surface area contributed by atoms with Crippen molar-refractivity contribution in [3.63, 3.8) is 0 Å². The van der Waals surface area contributed by atoms with Gasteiger partial charge in [0.05, 0.1) is 15.7 Å². The van der Waals surface area contributed by atoms with Crippen LogP contribution < -0.4 is 5.73 Å². The first-order valence-corrected chi connectivity index (χ1v) is 6.81. The molecule has 0 atom stereocenters. The van der Waals surface area contributed by atoms with Crippen LogP contribution >= 0.6 is 23.2 Å². The molecule has 0 saturated heterocycles. The van der Waals surface area contributed by atoms with Gasteiger partial charge in [0.25, 0.3) is 5.89 Å². The Kier molecular flexibility index (Phi) is 3.53. The molecule has 0 bridgehead atoms. The minimum atomic E-state index is 0.317. The highest BCUT2D eigenvalue weighted by atomic mass is 35.5. The quantitative estimate of drug-likeness (QED) is 0.722. The summed E-state index contributed by atoms with van der Waals surface area (Å²) in [6.07, 6.45) is 3.40. The second-order valence-corrected chi connectivity index (χ2v) is 5.28.